The Hall–Kier alpha value is -3.68. The van der Waals surface area contributed by atoms with Crippen LogP contribution in [0, 0.1) is 17.0 Å². The summed E-state index contributed by atoms with van der Waals surface area (Å²) in [6, 6.07) is 6.55. The number of carbonyl (C=O) groups is 1. The number of aromatic nitrogens is 2. The number of esters is 1. The summed E-state index contributed by atoms with van der Waals surface area (Å²) in [6.45, 7) is 4.49. The van der Waals surface area contributed by atoms with E-state index in [4.69, 9.17) is 4.74 Å². The summed E-state index contributed by atoms with van der Waals surface area (Å²) in [5.41, 5.74) is 2.92. The second-order valence-electron chi connectivity index (χ2n) is 6.78. The minimum atomic E-state index is -0.467. The molecule has 0 aliphatic carbocycles. The van der Waals surface area contributed by atoms with E-state index in [0.29, 0.717) is 18.0 Å². The van der Waals surface area contributed by atoms with Crippen LogP contribution >= 0.6 is 0 Å². The van der Waals surface area contributed by atoms with Gasteiger partial charge in [0.05, 0.1) is 30.5 Å². The summed E-state index contributed by atoms with van der Waals surface area (Å²) in [6.07, 6.45) is 8.45. The lowest BCUT2D eigenvalue weighted by Crippen LogP contribution is -1.99. The fourth-order valence-electron chi connectivity index (χ4n) is 3.09. The molecule has 156 valence electrons. The maximum atomic E-state index is 11.6. The van der Waals surface area contributed by atoms with Gasteiger partial charge < -0.3 is 14.0 Å². The van der Waals surface area contributed by atoms with E-state index < -0.39 is 10.9 Å². The van der Waals surface area contributed by atoms with Crippen molar-refractivity contribution in [1.82, 2.24) is 9.55 Å². The Morgan fingerprint density at radius 2 is 2.13 bits per heavy atom. The predicted molar refractivity (Wildman–Crippen MR) is 114 cm³/mol. The number of hydrogen-bond donors (Lipinski definition) is 0. The number of fused-ring (bicyclic) bond motifs is 1. The molecule has 8 nitrogen and oxygen atoms in total. The number of hydrogen-bond acceptors (Lipinski definition) is 6. The molecule has 2 heterocycles. The number of nitrogens with zero attached hydrogens (tertiary/aromatic N) is 3. The van der Waals surface area contributed by atoms with Crippen LogP contribution in [0.5, 0.6) is 5.75 Å². The number of unbranched alkanes of at least 4 members (excludes halogenated alkanes) is 1. The maximum absolute atomic E-state index is 11.6. The highest BCUT2D eigenvalue weighted by molar-refractivity contribution is 5.94. The zero-order valence-corrected chi connectivity index (χ0v) is 17.1. The van der Waals surface area contributed by atoms with E-state index in [1.54, 1.807) is 25.3 Å². The summed E-state index contributed by atoms with van der Waals surface area (Å²) in [7, 11) is 1.32. The molecular formula is C22H23N3O5. The summed E-state index contributed by atoms with van der Waals surface area (Å²) in [5, 5.41) is 11.9. The Labute approximate surface area is 173 Å². The van der Waals surface area contributed by atoms with Crippen LogP contribution in [0.1, 0.15) is 30.9 Å². The summed E-state index contributed by atoms with van der Waals surface area (Å²) >= 11 is 0. The van der Waals surface area contributed by atoms with Gasteiger partial charge in [-0.1, -0.05) is 13.3 Å². The quantitative estimate of drug-likeness (QED) is 0.177. The standard InChI is InChI=1S/C22H23N3O5/c1-4-5-10-30-18-12-19-16(6-9-21(26)29-3)14-24(22(19)23-13-18)20-8-7-17(25(27)28)11-15(20)2/h6-9,11-14H,4-5,10H2,1-3H3/b9-6+. The van der Waals surface area contributed by atoms with Crippen molar-refractivity contribution < 1.29 is 19.2 Å². The van der Waals surface area contributed by atoms with Gasteiger partial charge in [0.2, 0.25) is 0 Å². The van der Waals surface area contributed by atoms with E-state index in [0.717, 1.165) is 35.0 Å². The lowest BCUT2D eigenvalue weighted by molar-refractivity contribution is -0.384. The number of nitro groups is 1. The van der Waals surface area contributed by atoms with Crippen molar-refractivity contribution >= 4 is 28.8 Å². The van der Waals surface area contributed by atoms with Gasteiger partial charge in [0.1, 0.15) is 11.4 Å². The number of benzene rings is 1. The Morgan fingerprint density at radius 3 is 2.80 bits per heavy atom. The minimum Gasteiger partial charge on any atom is -0.492 e. The van der Waals surface area contributed by atoms with Gasteiger partial charge in [-0.2, -0.15) is 0 Å². The van der Waals surface area contributed by atoms with Gasteiger partial charge in [-0.3, -0.25) is 10.1 Å². The van der Waals surface area contributed by atoms with E-state index in [1.807, 2.05) is 16.8 Å². The molecule has 0 aliphatic rings. The lowest BCUT2D eigenvalue weighted by atomic mass is 10.2. The number of carbonyl (C=O) groups excluding carboxylic acids is 1. The van der Waals surface area contributed by atoms with Crippen molar-refractivity contribution in [3.63, 3.8) is 0 Å². The van der Waals surface area contributed by atoms with Gasteiger partial charge in [0, 0.05) is 35.4 Å². The van der Waals surface area contributed by atoms with E-state index in [1.165, 1.54) is 25.3 Å². The number of ether oxygens (including phenoxy) is 2. The van der Waals surface area contributed by atoms with E-state index >= 15 is 0 Å². The van der Waals surface area contributed by atoms with Crippen LogP contribution in [-0.4, -0.2) is 34.2 Å². The second kappa shape index (κ2) is 9.21. The highest BCUT2D eigenvalue weighted by Gasteiger charge is 2.15. The molecule has 8 heteroatoms. The van der Waals surface area contributed by atoms with E-state index in [-0.39, 0.29) is 5.69 Å². The summed E-state index contributed by atoms with van der Waals surface area (Å²) < 4.78 is 12.3. The molecule has 2 aromatic heterocycles. The molecule has 0 saturated heterocycles. The first-order valence-electron chi connectivity index (χ1n) is 9.60. The number of nitro benzene ring substituents is 1. The third-order valence-electron chi connectivity index (χ3n) is 4.67. The predicted octanol–water partition coefficient (Wildman–Crippen LogP) is 4.61. The van der Waals surface area contributed by atoms with Crippen LogP contribution in [0.2, 0.25) is 0 Å². The summed E-state index contributed by atoms with van der Waals surface area (Å²) in [4.78, 5) is 26.8. The third kappa shape index (κ3) is 4.48. The zero-order chi connectivity index (χ0) is 21.7. The van der Waals surface area contributed by atoms with Crippen LogP contribution in [-0.2, 0) is 9.53 Å². The molecule has 0 saturated carbocycles. The molecule has 0 amide bonds. The van der Waals surface area contributed by atoms with Gasteiger partial charge in [0.25, 0.3) is 5.69 Å². The van der Waals surface area contributed by atoms with Crippen molar-refractivity contribution in [2.24, 2.45) is 0 Å². The molecule has 0 bridgehead atoms. The number of aryl methyl sites for hydroxylation is 1. The monoisotopic (exact) mass is 409 g/mol. The fraction of sp³-hybridized carbons (Fsp3) is 0.273. The van der Waals surface area contributed by atoms with Crippen LogP contribution in [0.3, 0.4) is 0 Å². The summed E-state index contributed by atoms with van der Waals surface area (Å²) in [5.74, 6) is 0.174. The van der Waals surface area contributed by atoms with E-state index in [2.05, 4.69) is 16.6 Å². The number of non-ortho nitro benzene ring substituents is 1. The van der Waals surface area contributed by atoms with Crippen molar-refractivity contribution in [1.29, 1.82) is 0 Å². The van der Waals surface area contributed by atoms with Gasteiger partial charge in [-0.25, -0.2) is 9.78 Å². The highest BCUT2D eigenvalue weighted by atomic mass is 16.6. The van der Waals surface area contributed by atoms with Crippen molar-refractivity contribution in [2.45, 2.75) is 26.7 Å². The average Bonchev–Trinajstić information content (AvgIpc) is 3.09. The Balaban J connectivity index is 2.11. The first-order chi connectivity index (χ1) is 14.4. The largest absolute Gasteiger partial charge is 0.492 e. The maximum Gasteiger partial charge on any atom is 0.330 e. The molecule has 3 rings (SSSR count). The highest BCUT2D eigenvalue weighted by Crippen LogP contribution is 2.30. The zero-order valence-electron chi connectivity index (χ0n) is 17.1. The van der Waals surface area contributed by atoms with Crippen LogP contribution in [0.4, 0.5) is 5.69 Å². The van der Waals surface area contributed by atoms with Gasteiger partial charge in [-0.15, -0.1) is 0 Å². The number of methoxy groups -OCH3 is 1. The fourth-order valence-corrected chi connectivity index (χ4v) is 3.09. The van der Waals surface area contributed by atoms with Crippen molar-refractivity contribution in [3.05, 3.63) is 64.0 Å². The topological polar surface area (TPSA) is 96.5 Å². The number of rotatable bonds is 8. The second-order valence-corrected chi connectivity index (χ2v) is 6.78. The van der Waals surface area contributed by atoms with E-state index in [9.17, 15) is 14.9 Å². The molecule has 0 spiro atoms. The molecule has 1 aromatic carbocycles. The molecule has 0 N–H and O–H groups in total. The van der Waals surface area contributed by atoms with Crippen molar-refractivity contribution in [2.75, 3.05) is 13.7 Å². The Bertz CT molecular complexity index is 1120. The Morgan fingerprint density at radius 1 is 1.33 bits per heavy atom. The smallest absolute Gasteiger partial charge is 0.330 e. The van der Waals surface area contributed by atoms with Crippen molar-refractivity contribution in [3.8, 4) is 11.4 Å². The first kappa shape index (κ1) is 21.0. The molecule has 0 radical (unpaired) electrons. The minimum absolute atomic E-state index is 0.0260. The first-order valence-corrected chi connectivity index (χ1v) is 9.60. The van der Waals surface area contributed by atoms with Crippen LogP contribution < -0.4 is 4.74 Å². The normalized spacial score (nSPS) is 11.2. The average molecular weight is 409 g/mol. The Kier molecular flexibility index (Phi) is 6.46. The molecule has 0 aliphatic heterocycles. The van der Waals surface area contributed by atoms with Crippen LogP contribution in [0.25, 0.3) is 22.8 Å². The molecule has 3 aromatic rings. The van der Waals surface area contributed by atoms with Gasteiger partial charge in [0.15, 0.2) is 0 Å². The molecule has 30 heavy (non-hydrogen) atoms. The lowest BCUT2D eigenvalue weighted by Gasteiger charge is -2.09. The molecule has 0 atom stereocenters. The number of pyridine rings is 1. The third-order valence-corrected chi connectivity index (χ3v) is 4.67. The van der Waals surface area contributed by atoms with Gasteiger partial charge >= 0.3 is 5.97 Å². The SMILES string of the molecule is CCCCOc1cnc2c(c1)c(/C=C/C(=O)OC)cn2-c1ccc([N+](=O)[O-])cc1C. The van der Waals surface area contributed by atoms with Gasteiger partial charge in [-0.05, 0) is 37.1 Å². The van der Waals surface area contributed by atoms with Crippen LogP contribution in [0.15, 0.2) is 42.7 Å². The molecule has 0 fully saturated rings. The molecular weight excluding hydrogens is 386 g/mol. The molecule has 0 unspecified atom stereocenters.